The van der Waals surface area contributed by atoms with E-state index in [2.05, 4.69) is 4.98 Å². The van der Waals surface area contributed by atoms with Crippen LogP contribution in [0.1, 0.15) is 30.1 Å². The van der Waals surface area contributed by atoms with Crippen LogP contribution in [0.2, 0.25) is 0 Å². The van der Waals surface area contributed by atoms with Gasteiger partial charge in [-0.05, 0) is 30.8 Å². The summed E-state index contributed by atoms with van der Waals surface area (Å²) in [5.74, 6) is 0.196. The fourth-order valence-electron chi connectivity index (χ4n) is 2.15. The number of hydrogen-bond donors (Lipinski definition) is 1. The number of benzene rings is 1. The van der Waals surface area contributed by atoms with E-state index in [0.717, 1.165) is 29.2 Å². The van der Waals surface area contributed by atoms with Crippen LogP contribution in [0.4, 0.5) is 0 Å². The topological polar surface area (TPSA) is 56.0 Å². The number of Topliss-reactive ketones (excluding diaryl/α,β-unsaturated/α-hetero) is 1. The summed E-state index contributed by atoms with van der Waals surface area (Å²) >= 11 is 0. The zero-order chi connectivity index (χ0) is 13.0. The molecule has 0 fully saturated rings. The molecule has 3 nitrogen and oxygen atoms in total. The SMILES string of the molecule is CC(CCCN)C(=O)c1cccc2ccncc12. The Morgan fingerprint density at radius 3 is 3.00 bits per heavy atom. The lowest BCUT2D eigenvalue weighted by atomic mass is 9.92. The Kier molecular flexibility index (Phi) is 4.05. The smallest absolute Gasteiger partial charge is 0.166 e. The molecule has 1 atom stereocenters. The fraction of sp³-hybridized carbons (Fsp3) is 0.333. The number of aromatic nitrogens is 1. The van der Waals surface area contributed by atoms with E-state index in [1.807, 2.05) is 31.2 Å². The summed E-state index contributed by atoms with van der Waals surface area (Å²) in [6.45, 7) is 2.60. The molecule has 3 heteroatoms. The van der Waals surface area contributed by atoms with Crippen molar-refractivity contribution >= 4 is 16.6 Å². The van der Waals surface area contributed by atoms with Gasteiger partial charge in [-0.1, -0.05) is 25.1 Å². The van der Waals surface area contributed by atoms with Crippen molar-refractivity contribution in [2.75, 3.05) is 6.54 Å². The first-order valence-corrected chi connectivity index (χ1v) is 6.31. The highest BCUT2D eigenvalue weighted by molar-refractivity contribution is 6.08. The van der Waals surface area contributed by atoms with Crippen molar-refractivity contribution in [1.29, 1.82) is 0 Å². The van der Waals surface area contributed by atoms with Crippen molar-refractivity contribution in [3.8, 4) is 0 Å². The fourth-order valence-corrected chi connectivity index (χ4v) is 2.15. The van der Waals surface area contributed by atoms with Crippen LogP contribution in [-0.4, -0.2) is 17.3 Å². The predicted molar refractivity (Wildman–Crippen MR) is 73.5 cm³/mol. The number of ketones is 1. The lowest BCUT2D eigenvalue weighted by molar-refractivity contribution is 0.0925. The van der Waals surface area contributed by atoms with Crippen molar-refractivity contribution in [2.45, 2.75) is 19.8 Å². The second kappa shape index (κ2) is 5.74. The highest BCUT2D eigenvalue weighted by Crippen LogP contribution is 2.22. The third kappa shape index (κ3) is 2.57. The maximum Gasteiger partial charge on any atom is 0.166 e. The molecular formula is C15H18N2O. The zero-order valence-corrected chi connectivity index (χ0v) is 10.6. The molecule has 0 radical (unpaired) electrons. The van der Waals surface area contributed by atoms with E-state index >= 15 is 0 Å². The summed E-state index contributed by atoms with van der Waals surface area (Å²) in [7, 11) is 0. The van der Waals surface area contributed by atoms with E-state index in [1.54, 1.807) is 12.4 Å². The van der Waals surface area contributed by atoms with Crippen molar-refractivity contribution < 1.29 is 4.79 Å². The van der Waals surface area contributed by atoms with E-state index < -0.39 is 0 Å². The summed E-state index contributed by atoms with van der Waals surface area (Å²) in [6.07, 6.45) is 5.23. The lowest BCUT2D eigenvalue weighted by Gasteiger charge is -2.11. The minimum absolute atomic E-state index is 0.0133. The second-order valence-electron chi connectivity index (χ2n) is 4.60. The van der Waals surface area contributed by atoms with Crippen LogP contribution in [0.25, 0.3) is 10.8 Å². The van der Waals surface area contributed by atoms with Gasteiger partial charge >= 0.3 is 0 Å². The van der Waals surface area contributed by atoms with Crippen LogP contribution in [-0.2, 0) is 0 Å². The Morgan fingerprint density at radius 2 is 2.22 bits per heavy atom. The normalized spacial score (nSPS) is 12.6. The minimum Gasteiger partial charge on any atom is -0.330 e. The lowest BCUT2D eigenvalue weighted by Crippen LogP contribution is -2.13. The Bertz CT molecular complexity index is 546. The Morgan fingerprint density at radius 1 is 1.39 bits per heavy atom. The number of hydrogen-bond acceptors (Lipinski definition) is 3. The number of carbonyl (C=O) groups excluding carboxylic acids is 1. The molecule has 1 aromatic heterocycles. The number of nitrogens with zero attached hydrogens (tertiary/aromatic N) is 1. The molecule has 2 N–H and O–H groups in total. The maximum atomic E-state index is 12.4. The Labute approximate surface area is 107 Å². The van der Waals surface area contributed by atoms with Crippen LogP contribution in [0.15, 0.2) is 36.7 Å². The highest BCUT2D eigenvalue weighted by Gasteiger charge is 2.16. The molecule has 94 valence electrons. The average Bonchev–Trinajstić information content (AvgIpc) is 2.43. The molecule has 0 bridgehead atoms. The molecule has 0 aliphatic carbocycles. The summed E-state index contributed by atoms with van der Waals surface area (Å²) in [5, 5.41) is 1.99. The van der Waals surface area contributed by atoms with Crippen LogP contribution in [0.5, 0.6) is 0 Å². The van der Waals surface area contributed by atoms with Gasteiger partial charge in [0.2, 0.25) is 0 Å². The third-order valence-corrected chi connectivity index (χ3v) is 3.24. The van der Waals surface area contributed by atoms with E-state index in [1.165, 1.54) is 0 Å². The molecule has 0 saturated heterocycles. The van der Waals surface area contributed by atoms with E-state index in [9.17, 15) is 4.79 Å². The van der Waals surface area contributed by atoms with Crippen LogP contribution in [0.3, 0.4) is 0 Å². The third-order valence-electron chi connectivity index (χ3n) is 3.24. The molecule has 0 spiro atoms. The largest absolute Gasteiger partial charge is 0.330 e. The van der Waals surface area contributed by atoms with Gasteiger partial charge in [0.05, 0.1) is 0 Å². The van der Waals surface area contributed by atoms with E-state index in [4.69, 9.17) is 5.73 Å². The van der Waals surface area contributed by atoms with Gasteiger partial charge in [-0.3, -0.25) is 9.78 Å². The molecule has 1 heterocycles. The number of carbonyl (C=O) groups is 1. The zero-order valence-electron chi connectivity index (χ0n) is 10.6. The van der Waals surface area contributed by atoms with Gasteiger partial charge in [0.1, 0.15) is 0 Å². The van der Waals surface area contributed by atoms with E-state index in [-0.39, 0.29) is 11.7 Å². The van der Waals surface area contributed by atoms with Crippen molar-refractivity contribution in [3.05, 3.63) is 42.2 Å². The van der Waals surface area contributed by atoms with Gasteiger partial charge in [0, 0.05) is 29.3 Å². The number of nitrogens with two attached hydrogens (primary N) is 1. The molecule has 0 saturated carbocycles. The first kappa shape index (κ1) is 12.7. The molecular weight excluding hydrogens is 224 g/mol. The van der Waals surface area contributed by atoms with Crippen LogP contribution < -0.4 is 5.73 Å². The molecule has 0 amide bonds. The standard InChI is InChI=1S/C15H18N2O/c1-11(4-3-8-16)15(18)13-6-2-5-12-7-9-17-10-14(12)13/h2,5-7,9-11H,3-4,8,16H2,1H3. The van der Waals surface area contributed by atoms with Gasteiger partial charge < -0.3 is 5.73 Å². The summed E-state index contributed by atoms with van der Waals surface area (Å²) in [6, 6.07) is 7.73. The molecule has 18 heavy (non-hydrogen) atoms. The van der Waals surface area contributed by atoms with Crippen molar-refractivity contribution in [1.82, 2.24) is 4.98 Å². The molecule has 0 aliphatic heterocycles. The monoisotopic (exact) mass is 242 g/mol. The number of pyridine rings is 1. The van der Waals surface area contributed by atoms with Gasteiger partial charge in [0.15, 0.2) is 5.78 Å². The highest BCUT2D eigenvalue weighted by atomic mass is 16.1. The average molecular weight is 242 g/mol. The van der Waals surface area contributed by atoms with Gasteiger partial charge in [-0.25, -0.2) is 0 Å². The minimum atomic E-state index is 0.0133. The molecule has 2 rings (SSSR count). The van der Waals surface area contributed by atoms with Crippen LogP contribution >= 0.6 is 0 Å². The Balaban J connectivity index is 2.33. The first-order chi connectivity index (χ1) is 8.74. The summed E-state index contributed by atoms with van der Waals surface area (Å²) < 4.78 is 0. The summed E-state index contributed by atoms with van der Waals surface area (Å²) in [5.41, 5.74) is 6.25. The number of rotatable bonds is 5. The molecule has 0 aliphatic rings. The number of fused-ring (bicyclic) bond motifs is 1. The second-order valence-corrected chi connectivity index (χ2v) is 4.60. The molecule has 1 unspecified atom stereocenters. The molecule has 2 aromatic rings. The van der Waals surface area contributed by atoms with Gasteiger partial charge in [-0.15, -0.1) is 0 Å². The van der Waals surface area contributed by atoms with Gasteiger partial charge in [-0.2, -0.15) is 0 Å². The first-order valence-electron chi connectivity index (χ1n) is 6.31. The van der Waals surface area contributed by atoms with E-state index in [0.29, 0.717) is 6.54 Å². The maximum absolute atomic E-state index is 12.4. The molecule has 1 aromatic carbocycles. The van der Waals surface area contributed by atoms with Crippen molar-refractivity contribution in [3.63, 3.8) is 0 Å². The van der Waals surface area contributed by atoms with Gasteiger partial charge in [0.25, 0.3) is 0 Å². The van der Waals surface area contributed by atoms with Crippen LogP contribution in [0, 0.1) is 5.92 Å². The summed E-state index contributed by atoms with van der Waals surface area (Å²) in [4.78, 5) is 16.5. The predicted octanol–water partition coefficient (Wildman–Crippen LogP) is 2.79. The van der Waals surface area contributed by atoms with Crippen molar-refractivity contribution in [2.24, 2.45) is 11.7 Å². The Hall–Kier alpha value is -1.74. The quantitative estimate of drug-likeness (QED) is 0.820.